The van der Waals surface area contributed by atoms with Crippen LogP contribution in [-0.2, 0) is 0 Å². The van der Waals surface area contributed by atoms with Gasteiger partial charge in [-0.05, 0) is 81.0 Å². The summed E-state index contributed by atoms with van der Waals surface area (Å²) in [7, 11) is 0. The molecule has 0 amide bonds. The number of alkyl halides is 3. The minimum absolute atomic E-state index is 0.147. The Morgan fingerprint density at radius 1 is 0.913 bits per heavy atom. The van der Waals surface area contributed by atoms with Gasteiger partial charge in [-0.25, -0.2) is 0 Å². The van der Waals surface area contributed by atoms with Crippen molar-refractivity contribution >= 4 is 0 Å². The predicted octanol–water partition coefficient (Wildman–Crippen LogP) is 7.15. The number of rotatable bonds is 5. The first-order valence-electron chi connectivity index (χ1n) is 9.65. The third kappa shape index (κ3) is 6.15. The van der Waals surface area contributed by atoms with Crippen molar-refractivity contribution in [2.45, 2.75) is 84.2 Å². The van der Waals surface area contributed by atoms with Crippen LogP contribution < -0.4 is 0 Å². The zero-order valence-corrected chi connectivity index (χ0v) is 14.7. The molecule has 0 spiro atoms. The number of hydrogen-bond donors (Lipinski definition) is 0. The largest absolute Gasteiger partial charge is 0.409 e. The van der Waals surface area contributed by atoms with Crippen molar-refractivity contribution in [3.8, 4) is 0 Å². The van der Waals surface area contributed by atoms with Gasteiger partial charge in [0.25, 0.3) is 0 Å². The lowest BCUT2D eigenvalue weighted by Crippen LogP contribution is -2.27. The zero-order valence-electron chi connectivity index (χ0n) is 14.7. The maximum Gasteiger partial charge on any atom is 0.409 e. The molecule has 2 saturated carbocycles. The summed E-state index contributed by atoms with van der Waals surface area (Å²) in [6, 6.07) is 0. The molecule has 0 heterocycles. The van der Waals surface area contributed by atoms with Crippen molar-refractivity contribution < 1.29 is 13.2 Å². The van der Waals surface area contributed by atoms with Crippen molar-refractivity contribution in [1.29, 1.82) is 0 Å². The average Bonchev–Trinajstić information content (AvgIpc) is 2.53. The molecule has 2 aliphatic carbocycles. The Balaban J connectivity index is 1.71. The number of halogens is 3. The molecule has 23 heavy (non-hydrogen) atoms. The van der Waals surface area contributed by atoms with E-state index in [-0.39, 0.29) is 5.92 Å². The van der Waals surface area contributed by atoms with Crippen LogP contribution in [0.3, 0.4) is 0 Å². The van der Waals surface area contributed by atoms with E-state index in [0.29, 0.717) is 6.08 Å². The minimum atomic E-state index is -4.15. The summed E-state index contributed by atoms with van der Waals surface area (Å²) < 4.78 is 36.7. The van der Waals surface area contributed by atoms with Gasteiger partial charge in [-0.15, -0.1) is 0 Å². The highest BCUT2D eigenvalue weighted by atomic mass is 19.4. The van der Waals surface area contributed by atoms with Gasteiger partial charge in [0.05, 0.1) is 0 Å². The monoisotopic (exact) mass is 330 g/mol. The highest BCUT2D eigenvalue weighted by molar-refractivity contribution is 4.96. The maximum absolute atomic E-state index is 12.2. The second kappa shape index (κ2) is 8.58. The molecule has 0 nitrogen and oxygen atoms in total. The Labute approximate surface area is 139 Å². The Kier molecular flexibility index (Phi) is 7.03. The number of allylic oxidation sites excluding steroid dienone is 2. The molecule has 0 aromatic carbocycles. The van der Waals surface area contributed by atoms with E-state index in [2.05, 4.69) is 13.8 Å². The predicted molar refractivity (Wildman–Crippen MR) is 90.2 cm³/mol. The molecule has 2 rings (SSSR count). The highest BCUT2D eigenvalue weighted by Crippen LogP contribution is 2.43. The lowest BCUT2D eigenvalue weighted by Gasteiger charge is -2.39. The van der Waals surface area contributed by atoms with E-state index in [9.17, 15) is 13.2 Å². The minimum Gasteiger partial charge on any atom is -0.167 e. The average molecular weight is 330 g/mol. The second-order valence-electron chi connectivity index (χ2n) is 8.02. The molecular weight excluding hydrogens is 297 g/mol. The van der Waals surface area contributed by atoms with Gasteiger partial charge in [-0.1, -0.05) is 32.8 Å². The summed E-state index contributed by atoms with van der Waals surface area (Å²) in [5, 5.41) is 0. The first-order valence-corrected chi connectivity index (χ1v) is 9.65. The second-order valence-corrected chi connectivity index (χ2v) is 8.02. The van der Waals surface area contributed by atoms with Gasteiger partial charge in [0.15, 0.2) is 0 Å². The highest BCUT2D eigenvalue weighted by Gasteiger charge is 2.32. The molecule has 0 N–H and O–H groups in total. The topological polar surface area (TPSA) is 0 Å². The van der Waals surface area contributed by atoms with Crippen molar-refractivity contribution in [1.82, 2.24) is 0 Å². The van der Waals surface area contributed by atoms with Crippen LogP contribution in [0, 0.1) is 29.6 Å². The summed E-state index contributed by atoms with van der Waals surface area (Å²) in [6.07, 6.45) is 9.95. The van der Waals surface area contributed by atoms with Crippen molar-refractivity contribution in [2.24, 2.45) is 29.6 Å². The van der Waals surface area contributed by atoms with Gasteiger partial charge in [0.2, 0.25) is 0 Å². The van der Waals surface area contributed by atoms with Crippen LogP contribution in [0.4, 0.5) is 13.2 Å². The van der Waals surface area contributed by atoms with E-state index in [0.717, 1.165) is 49.4 Å². The molecule has 1 unspecified atom stereocenters. The van der Waals surface area contributed by atoms with E-state index >= 15 is 0 Å². The lowest BCUT2D eigenvalue weighted by molar-refractivity contribution is -0.0803. The third-order valence-electron chi connectivity index (χ3n) is 6.41. The van der Waals surface area contributed by atoms with Crippen LogP contribution in [0.25, 0.3) is 0 Å². The van der Waals surface area contributed by atoms with Crippen LogP contribution >= 0.6 is 0 Å². The Bertz CT molecular complexity index is 356. The van der Waals surface area contributed by atoms with Crippen molar-refractivity contribution in [2.75, 3.05) is 0 Å². The SMILES string of the molecule is CCCC(C)C1CCC(C2CCC(/C=C/C(F)(F)F)CC2)CC1. The van der Waals surface area contributed by atoms with Crippen LogP contribution in [0.1, 0.15) is 78.1 Å². The van der Waals surface area contributed by atoms with Crippen molar-refractivity contribution in [3.63, 3.8) is 0 Å². The molecule has 134 valence electrons. The standard InChI is InChI=1S/C20H33F3/c1-3-4-15(2)17-9-11-19(12-10-17)18-7-5-16(6-8-18)13-14-20(21,22)23/h13-19H,3-12H2,1-2H3/b14-13+. The zero-order chi connectivity index (χ0) is 16.9. The third-order valence-corrected chi connectivity index (χ3v) is 6.41. The van der Waals surface area contributed by atoms with E-state index < -0.39 is 6.18 Å². The van der Waals surface area contributed by atoms with Crippen LogP contribution in [-0.4, -0.2) is 6.18 Å². The first kappa shape index (κ1) is 18.9. The van der Waals surface area contributed by atoms with Crippen molar-refractivity contribution in [3.05, 3.63) is 12.2 Å². The van der Waals surface area contributed by atoms with Gasteiger partial charge in [-0.2, -0.15) is 13.2 Å². The molecule has 0 saturated heterocycles. The molecule has 2 aliphatic rings. The molecule has 0 radical (unpaired) electrons. The van der Waals surface area contributed by atoms with Gasteiger partial charge in [0, 0.05) is 6.08 Å². The summed E-state index contributed by atoms with van der Waals surface area (Å²) in [6.45, 7) is 4.68. The Hall–Kier alpha value is -0.470. The molecular formula is C20H33F3. The van der Waals surface area contributed by atoms with E-state index in [1.165, 1.54) is 44.6 Å². The van der Waals surface area contributed by atoms with E-state index in [1.807, 2.05) is 0 Å². The fraction of sp³-hybridized carbons (Fsp3) is 0.900. The quantitative estimate of drug-likeness (QED) is 0.469. The Morgan fingerprint density at radius 2 is 1.43 bits per heavy atom. The van der Waals surface area contributed by atoms with Gasteiger partial charge >= 0.3 is 6.18 Å². The smallest absolute Gasteiger partial charge is 0.167 e. The molecule has 0 aromatic heterocycles. The molecule has 0 bridgehead atoms. The van der Waals surface area contributed by atoms with E-state index in [4.69, 9.17) is 0 Å². The molecule has 0 aromatic rings. The molecule has 1 atom stereocenters. The fourth-order valence-corrected chi connectivity index (χ4v) is 4.93. The summed E-state index contributed by atoms with van der Waals surface area (Å²) in [5.74, 6) is 3.54. The van der Waals surface area contributed by atoms with E-state index in [1.54, 1.807) is 0 Å². The summed E-state index contributed by atoms with van der Waals surface area (Å²) >= 11 is 0. The first-order chi connectivity index (χ1) is 10.9. The van der Waals surface area contributed by atoms with Gasteiger partial charge < -0.3 is 0 Å². The Morgan fingerprint density at radius 3 is 1.91 bits per heavy atom. The number of hydrogen-bond acceptors (Lipinski definition) is 0. The van der Waals surface area contributed by atoms with Crippen LogP contribution in [0.15, 0.2) is 12.2 Å². The summed E-state index contributed by atoms with van der Waals surface area (Å²) in [5.41, 5.74) is 0. The van der Waals surface area contributed by atoms with Gasteiger partial charge in [-0.3, -0.25) is 0 Å². The lowest BCUT2D eigenvalue weighted by atomic mass is 9.67. The maximum atomic E-state index is 12.2. The van der Waals surface area contributed by atoms with Crippen LogP contribution in [0.5, 0.6) is 0 Å². The fourth-order valence-electron chi connectivity index (χ4n) is 4.93. The molecule has 0 aliphatic heterocycles. The molecule has 2 fully saturated rings. The summed E-state index contributed by atoms with van der Waals surface area (Å²) in [4.78, 5) is 0. The van der Waals surface area contributed by atoms with Gasteiger partial charge in [0.1, 0.15) is 0 Å². The molecule has 3 heteroatoms. The van der Waals surface area contributed by atoms with Crippen LogP contribution in [0.2, 0.25) is 0 Å². The normalized spacial score (nSPS) is 34.7.